The minimum atomic E-state index is 0. The van der Waals surface area contributed by atoms with E-state index in [-0.39, 0.29) is 24.4 Å². The van der Waals surface area contributed by atoms with Gasteiger partial charge in [-0.15, -0.1) is 12.4 Å². The van der Waals surface area contributed by atoms with E-state index in [1.807, 2.05) is 11.9 Å². The molecule has 5 heteroatoms. The minimum absolute atomic E-state index is 0. The van der Waals surface area contributed by atoms with E-state index in [2.05, 4.69) is 5.32 Å². The lowest BCUT2D eigenvalue weighted by Crippen LogP contribution is -2.32. The predicted octanol–water partition coefficient (Wildman–Crippen LogP) is 1.05. The zero-order valence-electron chi connectivity index (χ0n) is 10.5. The fourth-order valence-corrected chi connectivity index (χ4v) is 2.64. The Balaban J connectivity index is 0.00000144. The molecule has 2 heterocycles. The van der Waals surface area contributed by atoms with Crippen LogP contribution in [-0.4, -0.2) is 50.2 Å². The molecule has 2 saturated heterocycles. The summed E-state index contributed by atoms with van der Waals surface area (Å²) in [5.41, 5.74) is 0. The number of carbonyl (C=O) groups is 1. The van der Waals surface area contributed by atoms with Gasteiger partial charge in [0.05, 0.1) is 12.5 Å². The van der Waals surface area contributed by atoms with Crippen molar-refractivity contribution in [1.82, 2.24) is 10.2 Å². The predicted molar refractivity (Wildman–Crippen MR) is 69.5 cm³/mol. The number of amides is 1. The van der Waals surface area contributed by atoms with E-state index < -0.39 is 0 Å². The van der Waals surface area contributed by atoms with Crippen molar-refractivity contribution >= 4 is 18.3 Å². The minimum Gasteiger partial charge on any atom is -0.378 e. The van der Waals surface area contributed by atoms with Crippen LogP contribution in [0, 0.1) is 5.92 Å². The molecular formula is C12H23ClN2O2. The third-order valence-corrected chi connectivity index (χ3v) is 3.56. The van der Waals surface area contributed by atoms with Gasteiger partial charge < -0.3 is 15.0 Å². The molecule has 1 amide bonds. The highest BCUT2D eigenvalue weighted by Gasteiger charge is 2.28. The summed E-state index contributed by atoms with van der Waals surface area (Å²) in [6.45, 7) is 3.70. The Morgan fingerprint density at radius 1 is 1.47 bits per heavy atom. The average molecular weight is 263 g/mol. The second-order valence-electron chi connectivity index (χ2n) is 4.89. The van der Waals surface area contributed by atoms with Crippen LogP contribution >= 0.6 is 12.4 Å². The van der Waals surface area contributed by atoms with Crippen molar-refractivity contribution in [2.24, 2.45) is 5.92 Å². The highest BCUT2D eigenvalue weighted by Crippen LogP contribution is 2.20. The largest absolute Gasteiger partial charge is 0.378 e. The third kappa shape index (κ3) is 4.12. The second-order valence-corrected chi connectivity index (χ2v) is 4.89. The number of halogens is 1. The molecule has 4 nitrogen and oxygen atoms in total. The number of carbonyl (C=O) groups excluding carboxylic acids is 1. The van der Waals surface area contributed by atoms with Crippen molar-refractivity contribution < 1.29 is 9.53 Å². The van der Waals surface area contributed by atoms with Crippen LogP contribution in [0.5, 0.6) is 0 Å². The van der Waals surface area contributed by atoms with E-state index in [1.165, 1.54) is 0 Å². The van der Waals surface area contributed by atoms with Crippen LogP contribution in [0.2, 0.25) is 0 Å². The average Bonchev–Trinajstić information content (AvgIpc) is 2.89. The van der Waals surface area contributed by atoms with Crippen LogP contribution in [0.4, 0.5) is 0 Å². The molecule has 100 valence electrons. The van der Waals surface area contributed by atoms with Crippen molar-refractivity contribution in [2.45, 2.75) is 31.8 Å². The first-order valence-electron chi connectivity index (χ1n) is 6.33. The lowest BCUT2D eigenvalue weighted by molar-refractivity contribution is -0.132. The summed E-state index contributed by atoms with van der Waals surface area (Å²) in [5.74, 6) is 0.920. The summed E-state index contributed by atoms with van der Waals surface area (Å²) >= 11 is 0. The van der Waals surface area contributed by atoms with E-state index in [1.54, 1.807) is 0 Å². The first-order valence-corrected chi connectivity index (χ1v) is 6.33. The molecule has 0 saturated carbocycles. The zero-order chi connectivity index (χ0) is 11.4. The summed E-state index contributed by atoms with van der Waals surface area (Å²) in [6, 6.07) is 0. The number of nitrogens with one attached hydrogen (secondary N) is 1. The first kappa shape index (κ1) is 14.7. The summed E-state index contributed by atoms with van der Waals surface area (Å²) < 4.78 is 5.50. The normalized spacial score (nSPS) is 28.2. The molecule has 0 aromatic carbocycles. The third-order valence-electron chi connectivity index (χ3n) is 3.56. The molecule has 2 unspecified atom stereocenters. The van der Waals surface area contributed by atoms with E-state index in [0.717, 1.165) is 45.5 Å². The Bertz CT molecular complexity index is 245. The molecule has 17 heavy (non-hydrogen) atoms. The molecule has 0 aliphatic carbocycles. The number of nitrogens with zero attached hydrogens (tertiary/aromatic N) is 1. The summed E-state index contributed by atoms with van der Waals surface area (Å²) in [5, 5.41) is 3.18. The van der Waals surface area contributed by atoms with Gasteiger partial charge in [-0.3, -0.25) is 4.79 Å². The molecule has 1 N–H and O–H groups in total. The second kappa shape index (κ2) is 7.19. The van der Waals surface area contributed by atoms with Crippen molar-refractivity contribution in [1.29, 1.82) is 0 Å². The van der Waals surface area contributed by atoms with Crippen LogP contribution < -0.4 is 5.32 Å². The molecule has 2 aliphatic heterocycles. The number of ether oxygens (including phenoxy) is 1. The topological polar surface area (TPSA) is 41.6 Å². The van der Waals surface area contributed by atoms with Gasteiger partial charge in [0.1, 0.15) is 0 Å². The van der Waals surface area contributed by atoms with Crippen LogP contribution in [0.3, 0.4) is 0 Å². The van der Waals surface area contributed by atoms with Crippen molar-refractivity contribution in [3.05, 3.63) is 0 Å². The van der Waals surface area contributed by atoms with E-state index >= 15 is 0 Å². The fourth-order valence-electron chi connectivity index (χ4n) is 2.64. The quantitative estimate of drug-likeness (QED) is 0.823. The molecule has 2 rings (SSSR count). The van der Waals surface area contributed by atoms with Crippen LogP contribution in [0.25, 0.3) is 0 Å². The molecule has 0 aromatic heterocycles. The van der Waals surface area contributed by atoms with Gasteiger partial charge in [0, 0.05) is 19.7 Å². The lowest BCUT2D eigenvalue weighted by Gasteiger charge is -2.18. The molecule has 2 atom stereocenters. The van der Waals surface area contributed by atoms with Crippen LogP contribution in [0.15, 0.2) is 0 Å². The van der Waals surface area contributed by atoms with Crippen molar-refractivity contribution in [2.75, 3.05) is 33.3 Å². The van der Waals surface area contributed by atoms with E-state index in [4.69, 9.17) is 4.74 Å². The Morgan fingerprint density at radius 3 is 2.94 bits per heavy atom. The van der Waals surface area contributed by atoms with Crippen LogP contribution in [0.1, 0.15) is 25.7 Å². The van der Waals surface area contributed by atoms with Gasteiger partial charge in [-0.05, 0) is 38.8 Å². The number of likely N-dealkylation sites (tertiary alicyclic amines) is 1. The Morgan fingerprint density at radius 2 is 2.29 bits per heavy atom. The fraction of sp³-hybridized carbons (Fsp3) is 0.917. The summed E-state index contributed by atoms with van der Waals surface area (Å²) in [6.07, 6.45) is 4.08. The highest BCUT2D eigenvalue weighted by molar-refractivity contribution is 5.85. The van der Waals surface area contributed by atoms with Gasteiger partial charge >= 0.3 is 0 Å². The van der Waals surface area contributed by atoms with Gasteiger partial charge in [0.15, 0.2) is 0 Å². The standard InChI is InChI=1S/C12H22N2O2.ClH/c1-13-8-10-4-5-14(9-10)12(15)7-11-3-2-6-16-11;/h10-11,13H,2-9H2,1H3;1H. The molecule has 0 aromatic rings. The Labute approximate surface area is 109 Å². The van der Waals surface area contributed by atoms with Gasteiger partial charge in [-0.1, -0.05) is 0 Å². The lowest BCUT2D eigenvalue weighted by atomic mass is 10.1. The van der Waals surface area contributed by atoms with Gasteiger partial charge in [-0.2, -0.15) is 0 Å². The smallest absolute Gasteiger partial charge is 0.225 e. The molecule has 0 radical (unpaired) electrons. The first-order chi connectivity index (χ1) is 7.79. The molecule has 0 spiro atoms. The Hall–Kier alpha value is -0.320. The van der Waals surface area contributed by atoms with Gasteiger partial charge in [0.2, 0.25) is 5.91 Å². The Kier molecular flexibility index (Phi) is 6.23. The van der Waals surface area contributed by atoms with Crippen molar-refractivity contribution in [3.8, 4) is 0 Å². The van der Waals surface area contributed by atoms with E-state index in [9.17, 15) is 4.79 Å². The van der Waals surface area contributed by atoms with Gasteiger partial charge in [-0.25, -0.2) is 0 Å². The number of hydrogen-bond donors (Lipinski definition) is 1. The SMILES string of the molecule is CNCC1CCN(C(=O)CC2CCCO2)C1.Cl. The maximum absolute atomic E-state index is 12.0. The maximum Gasteiger partial charge on any atom is 0.225 e. The van der Waals surface area contributed by atoms with Crippen molar-refractivity contribution in [3.63, 3.8) is 0 Å². The number of hydrogen-bond acceptors (Lipinski definition) is 3. The molecule has 2 aliphatic rings. The van der Waals surface area contributed by atoms with E-state index in [0.29, 0.717) is 12.3 Å². The van der Waals surface area contributed by atoms with Gasteiger partial charge in [0.25, 0.3) is 0 Å². The molecular weight excluding hydrogens is 240 g/mol. The zero-order valence-corrected chi connectivity index (χ0v) is 11.3. The molecule has 0 bridgehead atoms. The molecule has 2 fully saturated rings. The summed E-state index contributed by atoms with van der Waals surface area (Å²) in [7, 11) is 1.97. The van der Waals surface area contributed by atoms with Crippen LogP contribution in [-0.2, 0) is 9.53 Å². The highest BCUT2D eigenvalue weighted by atomic mass is 35.5. The number of rotatable bonds is 4. The maximum atomic E-state index is 12.0. The monoisotopic (exact) mass is 262 g/mol. The summed E-state index contributed by atoms with van der Waals surface area (Å²) in [4.78, 5) is 14.0.